The van der Waals surface area contributed by atoms with Gasteiger partial charge in [-0.15, -0.1) is 0 Å². The third-order valence-electron chi connectivity index (χ3n) is 3.10. The Hall–Kier alpha value is -1.53. The number of hydrogen-bond acceptors (Lipinski definition) is 4. The predicted octanol–water partition coefficient (Wildman–Crippen LogP) is 2.21. The fourth-order valence-electron chi connectivity index (χ4n) is 2.09. The number of benzene rings is 1. The van der Waals surface area contributed by atoms with E-state index in [0.29, 0.717) is 13.2 Å². The average molecular weight is 338 g/mol. The highest BCUT2D eigenvalue weighted by atomic mass is 79.9. The van der Waals surface area contributed by atoms with Crippen LogP contribution in [0.3, 0.4) is 0 Å². The molecule has 1 aliphatic rings. The first-order valence-corrected chi connectivity index (χ1v) is 7.38. The molecule has 0 bridgehead atoms. The van der Waals surface area contributed by atoms with Gasteiger partial charge in [-0.3, -0.25) is 4.68 Å². The van der Waals surface area contributed by atoms with E-state index >= 15 is 0 Å². The van der Waals surface area contributed by atoms with Crippen LogP contribution >= 0.6 is 15.9 Å². The molecule has 0 aliphatic carbocycles. The Morgan fingerprint density at radius 3 is 2.80 bits per heavy atom. The summed E-state index contributed by atoms with van der Waals surface area (Å²) in [5.41, 5.74) is 1.16. The SMILES string of the molecule is Brc1cc2c(cc1CNCCn1cccn1)OCCO2. The first kappa shape index (κ1) is 13.5. The van der Waals surface area contributed by atoms with Crippen LogP contribution in [-0.4, -0.2) is 29.5 Å². The van der Waals surface area contributed by atoms with Crippen molar-refractivity contribution in [3.8, 4) is 11.5 Å². The minimum Gasteiger partial charge on any atom is -0.486 e. The summed E-state index contributed by atoms with van der Waals surface area (Å²) in [6.45, 7) is 3.72. The van der Waals surface area contributed by atoms with Gasteiger partial charge in [-0.1, -0.05) is 15.9 Å². The summed E-state index contributed by atoms with van der Waals surface area (Å²) in [6, 6.07) is 5.93. The van der Waals surface area contributed by atoms with Crippen molar-refractivity contribution >= 4 is 15.9 Å². The van der Waals surface area contributed by atoms with E-state index in [1.54, 1.807) is 6.20 Å². The molecule has 106 valence electrons. The number of ether oxygens (including phenoxy) is 2. The molecule has 0 atom stereocenters. The van der Waals surface area contributed by atoms with Crippen molar-refractivity contribution in [3.05, 3.63) is 40.6 Å². The van der Waals surface area contributed by atoms with Crippen LogP contribution in [0.2, 0.25) is 0 Å². The van der Waals surface area contributed by atoms with Crippen molar-refractivity contribution in [2.24, 2.45) is 0 Å². The van der Waals surface area contributed by atoms with Crippen LogP contribution in [0.4, 0.5) is 0 Å². The zero-order valence-electron chi connectivity index (χ0n) is 11.0. The lowest BCUT2D eigenvalue weighted by atomic mass is 10.2. The Morgan fingerprint density at radius 1 is 1.25 bits per heavy atom. The Bertz CT molecular complexity index is 572. The molecular weight excluding hydrogens is 322 g/mol. The van der Waals surface area contributed by atoms with Crippen LogP contribution in [0.25, 0.3) is 0 Å². The van der Waals surface area contributed by atoms with Crippen LogP contribution in [-0.2, 0) is 13.1 Å². The van der Waals surface area contributed by atoms with E-state index in [2.05, 4.69) is 26.3 Å². The van der Waals surface area contributed by atoms with Gasteiger partial charge < -0.3 is 14.8 Å². The smallest absolute Gasteiger partial charge is 0.162 e. The van der Waals surface area contributed by atoms with E-state index in [9.17, 15) is 0 Å². The number of aromatic nitrogens is 2. The van der Waals surface area contributed by atoms with E-state index in [4.69, 9.17) is 9.47 Å². The molecule has 0 amide bonds. The summed E-state index contributed by atoms with van der Waals surface area (Å²) in [5.74, 6) is 1.63. The lowest BCUT2D eigenvalue weighted by Gasteiger charge is -2.20. The van der Waals surface area contributed by atoms with E-state index < -0.39 is 0 Å². The number of halogens is 1. The van der Waals surface area contributed by atoms with Gasteiger partial charge in [0.2, 0.25) is 0 Å². The van der Waals surface area contributed by atoms with E-state index in [-0.39, 0.29) is 0 Å². The topological polar surface area (TPSA) is 48.3 Å². The third-order valence-corrected chi connectivity index (χ3v) is 3.84. The van der Waals surface area contributed by atoms with Crippen LogP contribution in [0.1, 0.15) is 5.56 Å². The second-order valence-electron chi connectivity index (χ2n) is 4.53. The number of nitrogens with one attached hydrogen (secondary N) is 1. The van der Waals surface area contributed by atoms with E-state index in [1.807, 2.05) is 29.1 Å². The summed E-state index contributed by atoms with van der Waals surface area (Å²) >= 11 is 3.57. The first-order chi connectivity index (χ1) is 9.83. The predicted molar refractivity (Wildman–Crippen MR) is 79.1 cm³/mol. The monoisotopic (exact) mass is 337 g/mol. The fourth-order valence-corrected chi connectivity index (χ4v) is 2.55. The van der Waals surface area contributed by atoms with Gasteiger partial charge in [-0.05, 0) is 23.8 Å². The molecular formula is C14H16BrN3O2. The molecule has 3 rings (SSSR count). The molecule has 2 aromatic rings. The number of hydrogen-bond donors (Lipinski definition) is 1. The maximum atomic E-state index is 5.60. The maximum absolute atomic E-state index is 5.60. The molecule has 6 heteroatoms. The lowest BCUT2D eigenvalue weighted by Crippen LogP contribution is -2.20. The van der Waals surface area contributed by atoms with Crippen molar-refractivity contribution in [1.82, 2.24) is 15.1 Å². The van der Waals surface area contributed by atoms with Crippen LogP contribution < -0.4 is 14.8 Å². The molecule has 0 spiro atoms. The summed E-state index contributed by atoms with van der Waals surface area (Å²) in [7, 11) is 0. The van der Waals surface area contributed by atoms with Crippen molar-refractivity contribution < 1.29 is 9.47 Å². The second-order valence-corrected chi connectivity index (χ2v) is 5.39. The van der Waals surface area contributed by atoms with Crippen LogP contribution in [0.15, 0.2) is 35.1 Å². The Kier molecular flexibility index (Phi) is 4.22. The van der Waals surface area contributed by atoms with Gasteiger partial charge in [0, 0.05) is 30.0 Å². The van der Waals surface area contributed by atoms with E-state index in [0.717, 1.165) is 41.2 Å². The van der Waals surface area contributed by atoms with Gasteiger partial charge in [0.25, 0.3) is 0 Å². The molecule has 1 aliphatic heterocycles. The molecule has 1 aromatic heterocycles. The largest absolute Gasteiger partial charge is 0.486 e. The molecule has 20 heavy (non-hydrogen) atoms. The molecule has 2 heterocycles. The minimum atomic E-state index is 0.612. The lowest BCUT2D eigenvalue weighted by molar-refractivity contribution is 0.171. The number of nitrogens with zero attached hydrogens (tertiary/aromatic N) is 2. The molecule has 1 N–H and O–H groups in total. The normalized spacial score (nSPS) is 13.4. The van der Waals surface area contributed by atoms with Crippen molar-refractivity contribution in [1.29, 1.82) is 0 Å². The quantitative estimate of drug-likeness (QED) is 0.850. The first-order valence-electron chi connectivity index (χ1n) is 6.59. The maximum Gasteiger partial charge on any atom is 0.162 e. The van der Waals surface area contributed by atoms with Crippen LogP contribution in [0.5, 0.6) is 11.5 Å². The zero-order chi connectivity index (χ0) is 13.8. The van der Waals surface area contributed by atoms with E-state index in [1.165, 1.54) is 0 Å². The number of rotatable bonds is 5. The fraction of sp³-hybridized carbons (Fsp3) is 0.357. The molecule has 0 saturated heterocycles. The van der Waals surface area contributed by atoms with Crippen molar-refractivity contribution in [2.45, 2.75) is 13.1 Å². The third kappa shape index (κ3) is 3.13. The average Bonchev–Trinajstić information content (AvgIpc) is 2.97. The van der Waals surface area contributed by atoms with Gasteiger partial charge in [-0.2, -0.15) is 5.10 Å². The standard InChI is InChI=1S/C14H16BrN3O2/c15-12-9-14-13(19-6-7-20-14)8-11(12)10-16-3-5-18-4-1-2-17-18/h1-2,4,8-9,16H,3,5-7,10H2. The zero-order valence-corrected chi connectivity index (χ0v) is 12.6. The summed E-state index contributed by atoms with van der Waals surface area (Å²) in [5, 5.41) is 7.57. The van der Waals surface area contributed by atoms with Crippen molar-refractivity contribution in [2.75, 3.05) is 19.8 Å². The van der Waals surface area contributed by atoms with Gasteiger partial charge in [-0.25, -0.2) is 0 Å². The molecule has 0 radical (unpaired) electrons. The Balaban J connectivity index is 1.57. The van der Waals surface area contributed by atoms with Crippen LogP contribution in [0, 0.1) is 0 Å². The molecule has 5 nitrogen and oxygen atoms in total. The minimum absolute atomic E-state index is 0.612. The van der Waals surface area contributed by atoms with Crippen molar-refractivity contribution in [3.63, 3.8) is 0 Å². The molecule has 0 fully saturated rings. The van der Waals surface area contributed by atoms with Gasteiger partial charge in [0.1, 0.15) is 13.2 Å². The summed E-state index contributed by atoms with van der Waals surface area (Å²) in [6.07, 6.45) is 3.75. The highest BCUT2D eigenvalue weighted by Gasteiger charge is 2.14. The second kappa shape index (κ2) is 6.28. The Morgan fingerprint density at radius 2 is 2.05 bits per heavy atom. The number of fused-ring (bicyclic) bond motifs is 1. The molecule has 1 aromatic carbocycles. The molecule has 0 unspecified atom stereocenters. The molecule has 0 saturated carbocycles. The van der Waals surface area contributed by atoms with Gasteiger partial charge in [0.05, 0.1) is 6.54 Å². The Labute approximate surface area is 126 Å². The summed E-state index contributed by atoms with van der Waals surface area (Å²) in [4.78, 5) is 0. The van der Waals surface area contributed by atoms with Gasteiger partial charge >= 0.3 is 0 Å². The van der Waals surface area contributed by atoms with Gasteiger partial charge in [0.15, 0.2) is 11.5 Å². The summed E-state index contributed by atoms with van der Waals surface area (Å²) < 4.78 is 14.1. The highest BCUT2D eigenvalue weighted by Crippen LogP contribution is 2.35. The highest BCUT2D eigenvalue weighted by molar-refractivity contribution is 9.10.